The summed E-state index contributed by atoms with van der Waals surface area (Å²) in [4.78, 5) is 38.7. The fourth-order valence-corrected chi connectivity index (χ4v) is 3.03. The summed E-state index contributed by atoms with van der Waals surface area (Å²) in [7, 11) is 0. The molecule has 1 unspecified atom stereocenters. The number of ether oxygens (including phenoxy) is 1. The number of carboxylic acid groups (broad SMARTS) is 1. The maximum atomic E-state index is 12.4. The Morgan fingerprint density at radius 3 is 2.56 bits per heavy atom. The normalized spacial score (nSPS) is 20.0. The molecule has 8 heteroatoms. The summed E-state index contributed by atoms with van der Waals surface area (Å²) in [6.07, 6.45) is 0. The van der Waals surface area contributed by atoms with E-state index in [1.165, 1.54) is 25.1 Å². The van der Waals surface area contributed by atoms with Crippen molar-refractivity contribution in [2.24, 2.45) is 10.9 Å². The Morgan fingerprint density at radius 1 is 1.32 bits per heavy atom. The molecule has 0 fully saturated rings. The first kappa shape index (κ1) is 18.3. The Morgan fingerprint density at radius 2 is 2.00 bits per heavy atom. The van der Waals surface area contributed by atoms with Crippen LogP contribution in [-0.4, -0.2) is 29.2 Å². The maximum absolute atomic E-state index is 12.4. The summed E-state index contributed by atoms with van der Waals surface area (Å²) in [5.41, 5.74) is 0.534. The minimum Gasteiger partial charge on any atom is -0.545 e. The molecule has 0 aliphatic carbocycles. The topological polar surface area (TPSA) is 122 Å². The highest BCUT2D eigenvalue weighted by molar-refractivity contribution is 6.06. The van der Waals surface area contributed by atoms with Crippen LogP contribution in [-0.2, 0) is 14.3 Å². The third-order valence-electron chi connectivity index (χ3n) is 4.03. The zero-order valence-corrected chi connectivity index (χ0v) is 14.0. The number of aliphatic imine (C=N–C) groups is 1. The highest BCUT2D eigenvalue weighted by Gasteiger charge is 2.40. The van der Waals surface area contributed by atoms with Gasteiger partial charge in [0, 0.05) is 35.0 Å². The van der Waals surface area contributed by atoms with Crippen LogP contribution in [0.2, 0.25) is 0 Å². The van der Waals surface area contributed by atoms with E-state index in [0.717, 1.165) is 0 Å². The fraction of sp³-hybridized carbons (Fsp3) is 0.353. The lowest BCUT2D eigenvalue weighted by molar-refractivity contribution is -0.384. The van der Waals surface area contributed by atoms with Crippen LogP contribution in [0.5, 0.6) is 0 Å². The van der Waals surface area contributed by atoms with E-state index in [2.05, 4.69) is 4.99 Å². The molecule has 25 heavy (non-hydrogen) atoms. The van der Waals surface area contributed by atoms with Gasteiger partial charge in [-0.3, -0.25) is 19.9 Å². The summed E-state index contributed by atoms with van der Waals surface area (Å²) < 4.78 is 5.05. The second kappa shape index (κ2) is 7.25. The van der Waals surface area contributed by atoms with Crippen molar-refractivity contribution >= 4 is 23.3 Å². The zero-order valence-electron chi connectivity index (χ0n) is 14.0. The molecule has 0 aromatic heterocycles. The molecule has 1 aliphatic rings. The van der Waals surface area contributed by atoms with Crippen molar-refractivity contribution in [1.82, 2.24) is 0 Å². The zero-order chi connectivity index (χ0) is 18.7. The number of nitrogens with zero attached hydrogens (tertiary/aromatic N) is 2. The molecule has 2 atom stereocenters. The standard InChI is InChI=1S/C17H18N2O6/c1-4-25-17(22)14-10(3)18-9(2)13(16(20)21)15(14)11-6-5-7-12(8-11)19(23)24/h5-8,14-15H,4H2,1-3H3,(H,20,21)/p-1/t14?,15-/m0/s1. The number of nitro benzene ring substituents is 1. The van der Waals surface area contributed by atoms with Crippen molar-refractivity contribution < 1.29 is 24.4 Å². The number of aliphatic carboxylic acids is 1. The van der Waals surface area contributed by atoms with Gasteiger partial charge in [0.15, 0.2) is 0 Å². The number of esters is 1. The minimum atomic E-state index is -1.47. The van der Waals surface area contributed by atoms with Gasteiger partial charge in [-0.15, -0.1) is 0 Å². The first-order valence-corrected chi connectivity index (χ1v) is 7.66. The van der Waals surface area contributed by atoms with Gasteiger partial charge in [-0.1, -0.05) is 12.1 Å². The van der Waals surface area contributed by atoms with E-state index in [4.69, 9.17) is 4.74 Å². The lowest BCUT2D eigenvalue weighted by Crippen LogP contribution is -2.39. The highest BCUT2D eigenvalue weighted by Crippen LogP contribution is 2.40. The van der Waals surface area contributed by atoms with Crippen LogP contribution in [0.15, 0.2) is 40.5 Å². The second-order valence-electron chi connectivity index (χ2n) is 5.60. The summed E-state index contributed by atoms with van der Waals surface area (Å²) >= 11 is 0. The molecule has 1 heterocycles. The molecule has 0 saturated carbocycles. The summed E-state index contributed by atoms with van der Waals surface area (Å²) in [6, 6.07) is 5.53. The molecule has 0 bridgehead atoms. The van der Waals surface area contributed by atoms with Crippen molar-refractivity contribution in [3.8, 4) is 0 Å². The predicted molar refractivity (Wildman–Crippen MR) is 86.8 cm³/mol. The smallest absolute Gasteiger partial charge is 0.315 e. The van der Waals surface area contributed by atoms with E-state index in [1.807, 2.05) is 0 Å². The van der Waals surface area contributed by atoms with Crippen LogP contribution >= 0.6 is 0 Å². The van der Waals surface area contributed by atoms with Gasteiger partial charge in [0.2, 0.25) is 0 Å². The third kappa shape index (κ3) is 3.57. The molecule has 1 aliphatic heterocycles. The van der Waals surface area contributed by atoms with Gasteiger partial charge in [-0.25, -0.2) is 0 Å². The number of rotatable bonds is 5. The SMILES string of the molecule is CCOC(=O)C1C(C)=NC(C)=C(C(=O)[O-])[C@@H]1c1cccc([N+](=O)[O-])c1. The lowest BCUT2D eigenvalue weighted by atomic mass is 9.75. The van der Waals surface area contributed by atoms with E-state index in [-0.39, 0.29) is 23.6 Å². The van der Waals surface area contributed by atoms with Crippen molar-refractivity contribution in [3.05, 3.63) is 51.2 Å². The van der Waals surface area contributed by atoms with Gasteiger partial charge < -0.3 is 14.6 Å². The molecule has 0 N–H and O–H groups in total. The van der Waals surface area contributed by atoms with Gasteiger partial charge in [-0.2, -0.15) is 0 Å². The summed E-state index contributed by atoms with van der Waals surface area (Å²) in [6.45, 7) is 4.85. The van der Waals surface area contributed by atoms with E-state index in [1.54, 1.807) is 19.9 Å². The van der Waals surface area contributed by atoms with Gasteiger partial charge >= 0.3 is 5.97 Å². The van der Waals surface area contributed by atoms with E-state index < -0.39 is 28.7 Å². The number of carbonyl (C=O) groups is 2. The number of allylic oxidation sites excluding steroid dienone is 1. The Hall–Kier alpha value is -3.03. The van der Waals surface area contributed by atoms with Crippen molar-refractivity contribution in [3.63, 3.8) is 0 Å². The van der Waals surface area contributed by atoms with Crippen LogP contribution in [0.3, 0.4) is 0 Å². The van der Waals surface area contributed by atoms with Crippen LogP contribution < -0.4 is 5.11 Å². The Balaban J connectivity index is 2.66. The Labute approximate surface area is 144 Å². The summed E-state index contributed by atoms with van der Waals surface area (Å²) in [5.74, 6) is -4.06. The molecular weight excluding hydrogens is 328 g/mol. The fourth-order valence-electron chi connectivity index (χ4n) is 3.03. The molecule has 0 saturated heterocycles. The molecule has 132 valence electrons. The lowest BCUT2D eigenvalue weighted by Gasteiger charge is -2.32. The van der Waals surface area contributed by atoms with Crippen LogP contribution in [0.25, 0.3) is 0 Å². The number of nitro groups is 1. The molecule has 1 aromatic rings. The molecule has 8 nitrogen and oxygen atoms in total. The molecular formula is C17H17N2O6-. The number of carbonyl (C=O) groups excluding carboxylic acids is 2. The van der Waals surface area contributed by atoms with Gasteiger partial charge in [0.25, 0.3) is 5.69 Å². The largest absolute Gasteiger partial charge is 0.545 e. The third-order valence-corrected chi connectivity index (χ3v) is 4.03. The Bertz CT molecular complexity index is 796. The van der Waals surface area contributed by atoms with E-state index >= 15 is 0 Å². The maximum Gasteiger partial charge on any atom is 0.315 e. The van der Waals surface area contributed by atoms with Crippen LogP contribution in [0.1, 0.15) is 32.3 Å². The number of non-ortho nitro benzene ring substituents is 1. The van der Waals surface area contributed by atoms with Crippen molar-refractivity contribution in [1.29, 1.82) is 0 Å². The van der Waals surface area contributed by atoms with Gasteiger partial charge in [0.05, 0.1) is 17.5 Å². The monoisotopic (exact) mass is 345 g/mol. The van der Waals surface area contributed by atoms with Gasteiger partial charge in [0.1, 0.15) is 5.92 Å². The number of carboxylic acids is 1. The quantitative estimate of drug-likeness (QED) is 0.451. The average Bonchev–Trinajstić information content (AvgIpc) is 2.53. The van der Waals surface area contributed by atoms with Crippen molar-refractivity contribution in [2.45, 2.75) is 26.7 Å². The molecule has 1 aromatic carbocycles. The number of hydrogen-bond acceptors (Lipinski definition) is 7. The Kier molecular flexibility index (Phi) is 5.31. The van der Waals surface area contributed by atoms with E-state index in [0.29, 0.717) is 11.3 Å². The molecule has 0 radical (unpaired) electrons. The highest BCUT2D eigenvalue weighted by atomic mass is 16.6. The predicted octanol–water partition coefficient (Wildman–Crippen LogP) is 1.36. The number of hydrogen-bond donors (Lipinski definition) is 0. The van der Waals surface area contributed by atoms with Gasteiger partial charge in [-0.05, 0) is 26.3 Å². The molecule has 0 spiro atoms. The van der Waals surface area contributed by atoms with Crippen LogP contribution in [0, 0.1) is 16.0 Å². The van der Waals surface area contributed by atoms with Crippen LogP contribution in [0.4, 0.5) is 5.69 Å². The molecule has 2 rings (SSSR count). The average molecular weight is 345 g/mol. The minimum absolute atomic E-state index is 0.119. The number of benzene rings is 1. The molecule has 0 amide bonds. The second-order valence-corrected chi connectivity index (χ2v) is 5.60. The first-order chi connectivity index (χ1) is 11.8. The van der Waals surface area contributed by atoms with Crippen molar-refractivity contribution in [2.75, 3.05) is 6.61 Å². The first-order valence-electron chi connectivity index (χ1n) is 7.66. The summed E-state index contributed by atoms with van der Waals surface area (Å²) in [5, 5.41) is 22.7. The van der Waals surface area contributed by atoms with E-state index in [9.17, 15) is 24.8 Å².